The first-order valence-electron chi connectivity index (χ1n) is 10.9. The van der Waals surface area contributed by atoms with Crippen molar-refractivity contribution in [3.63, 3.8) is 0 Å². The van der Waals surface area contributed by atoms with Crippen molar-refractivity contribution >= 4 is 29.1 Å². The van der Waals surface area contributed by atoms with E-state index in [4.69, 9.17) is 4.74 Å². The number of hydrogen-bond acceptors (Lipinski definition) is 6. The summed E-state index contributed by atoms with van der Waals surface area (Å²) < 4.78 is 5.20. The summed E-state index contributed by atoms with van der Waals surface area (Å²) in [5.41, 5.74) is 0.620. The first-order valence-corrected chi connectivity index (χ1v) is 11.8. The van der Waals surface area contributed by atoms with Gasteiger partial charge in [0.25, 0.3) is 5.91 Å². The van der Waals surface area contributed by atoms with Crippen LogP contribution in [0.5, 0.6) is 0 Å². The number of pyridine rings is 1. The number of hydrogen-bond donors (Lipinski definition) is 2. The molecule has 2 heterocycles. The molecule has 0 bridgehead atoms. The predicted octanol–water partition coefficient (Wildman–Crippen LogP) is 2.54. The molecule has 3 rings (SSSR count). The summed E-state index contributed by atoms with van der Waals surface area (Å²) in [5.74, 6) is -0.914. The second-order valence-electron chi connectivity index (χ2n) is 7.77. The molecule has 1 saturated carbocycles. The Bertz CT molecular complexity index is 869. The molecule has 0 radical (unpaired) electrons. The lowest BCUT2D eigenvalue weighted by Crippen LogP contribution is -2.50. The Hall–Kier alpha value is -2.78. The molecule has 1 unspecified atom stereocenters. The highest BCUT2D eigenvalue weighted by atomic mass is 32.1. The number of methoxy groups -OCH3 is 1. The highest BCUT2D eigenvalue weighted by Crippen LogP contribution is 2.23. The van der Waals surface area contributed by atoms with E-state index in [1.54, 1.807) is 49.1 Å². The van der Waals surface area contributed by atoms with Crippen molar-refractivity contribution in [2.45, 2.75) is 44.2 Å². The largest absolute Gasteiger partial charge is 0.383 e. The molecule has 172 valence electrons. The third-order valence-electron chi connectivity index (χ3n) is 5.51. The Morgan fingerprint density at radius 1 is 1.22 bits per heavy atom. The zero-order chi connectivity index (χ0) is 22.8. The van der Waals surface area contributed by atoms with Crippen LogP contribution in [0.2, 0.25) is 0 Å². The van der Waals surface area contributed by atoms with Crippen molar-refractivity contribution in [3.8, 4) is 0 Å². The molecular formula is C23H30N4O4S. The second-order valence-corrected chi connectivity index (χ2v) is 8.72. The number of carbonyl (C=O) groups is 3. The monoisotopic (exact) mass is 458 g/mol. The van der Waals surface area contributed by atoms with Crippen molar-refractivity contribution in [2.75, 3.05) is 26.8 Å². The van der Waals surface area contributed by atoms with Gasteiger partial charge in [-0.3, -0.25) is 19.4 Å². The van der Waals surface area contributed by atoms with Crippen molar-refractivity contribution in [1.82, 2.24) is 20.5 Å². The van der Waals surface area contributed by atoms with Crippen molar-refractivity contribution in [2.24, 2.45) is 0 Å². The summed E-state index contributed by atoms with van der Waals surface area (Å²) in [6.45, 7) is 0.258. The smallest absolute Gasteiger partial charge is 0.261 e. The zero-order valence-corrected chi connectivity index (χ0v) is 19.1. The van der Waals surface area contributed by atoms with E-state index < -0.39 is 6.04 Å². The number of rotatable bonds is 10. The van der Waals surface area contributed by atoms with Crippen LogP contribution in [0.3, 0.4) is 0 Å². The van der Waals surface area contributed by atoms with Crippen molar-refractivity contribution in [1.29, 1.82) is 0 Å². The Kier molecular flexibility index (Phi) is 9.18. The number of thiophene rings is 1. The van der Waals surface area contributed by atoms with Gasteiger partial charge in [-0.15, -0.1) is 11.3 Å². The van der Waals surface area contributed by atoms with Gasteiger partial charge >= 0.3 is 0 Å². The first kappa shape index (κ1) is 23.9. The minimum absolute atomic E-state index is 0.105. The van der Waals surface area contributed by atoms with E-state index in [1.165, 1.54) is 22.7 Å². The predicted molar refractivity (Wildman–Crippen MR) is 122 cm³/mol. The Morgan fingerprint density at radius 3 is 2.69 bits per heavy atom. The number of amides is 3. The van der Waals surface area contributed by atoms with Crippen LogP contribution < -0.4 is 10.6 Å². The maximum atomic E-state index is 13.4. The number of ether oxygens (including phenoxy) is 1. The number of aromatic nitrogens is 1. The van der Waals surface area contributed by atoms with Crippen LogP contribution in [0.4, 0.5) is 0 Å². The van der Waals surface area contributed by atoms with Crippen LogP contribution in [0.1, 0.15) is 53.4 Å². The van der Waals surface area contributed by atoms with Gasteiger partial charge in [0, 0.05) is 37.7 Å². The minimum atomic E-state index is -0.855. The fraction of sp³-hybridized carbons (Fsp3) is 0.478. The summed E-state index contributed by atoms with van der Waals surface area (Å²) in [6.07, 6.45) is 8.46. The molecule has 1 atom stereocenters. The SMILES string of the molecule is COCCN(C(=O)CNC(=O)c1cccs1)C(C(=O)NC1CCCCC1)c1cccnc1. The van der Waals surface area contributed by atoms with Crippen LogP contribution in [-0.2, 0) is 14.3 Å². The normalized spacial score (nSPS) is 15.0. The molecule has 8 nitrogen and oxygen atoms in total. The lowest BCUT2D eigenvalue weighted by Gasteiger charge is -2.33. The van der Waals surface area contributed by atoms with Gasteiger partial charge in [0.05, 0.1) is 18.0 Å². The van der Waals surface area contributed by atoms with Gasteiger partial charge in [-0.1, -0.05) is 31.4 Å². The highest BCUT2D eigenvalue weighted by Gasteiger charge is 2.33. The van der Waals surface area contributed by atoms with Gasteiger partial charge in [0.1, 0.15) is 6.04 Å². The van der Waals surface area contributed by atoms with Gasteiger partial charge in [0.2, 0.25) is 11.8 Å². The number of nitrogens with one attached hydrogen (secondary N) is 2. The maximum Gasteiger partial charge on any atom is 0.261 e. The van der Waals surface area contributed by atoms with Crippen LogP contribution in [0, 0.1) is 0 Å². The van der Waals surface area contributed by atoms with E-state index in [0.717, 1.165) is 25.7 Å². The van der Waals surface area contributed by atoms with Gasteiger partial charge in [-0.05, 0) is 30.4 Å². The molecule has 0 aliphatic heterocycles. The molecule has 0 saturated heterocycles. The van der Waals surface area contributed by atoms with Crippen molar-refractivity contribution < 1.29 is 19.1 Å². The van der Waals surface area contributed by atoms with E-state index in [0.29, 0.717) is 10.4 Å². The summed E-state index contributed by atoms with van der Waals surface area (Å²) >= 11 is 1.30. The average Bonchev–Trinajstić information content (AvgIpc) is 3.36. The number of nitrogens with zero attached hydrogens (tertiary/aromatic N) is 2. The third kappa shape index (κ3) is 6.61. The van der Waals surface area contributed by atoms with Gasteiger partial charge in [-0.2, -0.15) is 0 Å². The molecule has 3 amide bonds. The summed E-state index contributed by atoms with van der Waals surface area (Å²) in [7, 11) is 1.54. The molecule has 9 heteroatoms. The minimum Gasteiger partial charge on any atom is -0.383 e. The molecule has 2 N–H and O–H groups in total. The molecule has 2 aromatic heterocycles. The zero-order valence-electron chi connectivity index (χ0n) is 18.3. The van der Waals surface area contributed by atoms with E-state index in [-0.39, 0.29) is 43.5 Å². The Labute approximate surface area is 192 Å². The van der Waals surface area contributed by atoms with Crippen LogP contribution >= 0.6 is 11.3 Å². The second kappa shape index (κ2) is 12.3. The van der Waals surface area contributed by atoms with E-state index >= 15 is 0 Å². The first-order chi connectivity index (χ1) is 15.6. The molecule has 1 fully saturated rings. The van der Waals surface area contributed by atoms with E-state index in [9.17, 15) is 14.4 Å². The van der Waals surface area contributed by atoms with E-state index in [2.05, 4.69) is 15.6 Å². The summed E-state index contributed by atoms with van der Waals surface area (Å²) in [4.78, 5) is 45.0. The van der Waals surface area contributed by atoms with Gasteiger partial charge in [0.15, 0.2) is 0 Å². The summed E-state index contributed by atoms with van der Waals surface area (Å²) in [5, 5.41) is 7.59. The average molecular weight is 459 g/mol. The Morgan fingerprint density at radius 2 is 2.03 bits per heavy atom. The van der Waals surface area contributed by atoms with Crippen LogP contribution in [0.15, 0.2) is 42.0 Å². The van der Waals surface area contributed by atoms with Gasteiger partial charge in [-0.25, -0.2) is 0 Å². The molecular weight excluding hydrogens is 428 g/mol. The molecule has 1 aliphatic rings. The standard InChI is InChI=1S/C23H30N4O4S/c1-31-13-12-27(20(28)16-25-22(29)19-10-6-14-32-19)21(17-7-5-11-24-15-17)23(30)26-18-8-3-2-4-9-18/h5-7,10-11,14-15,18,21H,2-4,8-9,12-13,16H2,1H3,(H,25,29)(H,26,30). The lowest BCUT2D eigenvalue weighted by molar-refractivity contribution is -0.141. The molecule has 32 heavy (non-hydrogen) atoms. The quantitative estimate of drug-likeness (QED) is 0.570. The topological polar surface area (TPSA) is 101 Å². The van der Waals surface area contributed by atoms with Crippen molar-refractivity contribution in [3.05, 3.63) is 52.5 Å². The fourth-order valence-electron chi connectivity index (χ4n) is 3.88. The number of carbonyl (C=O) groups excluding carboxylic acids is 3. The fourth-order valence-corrected chi connectivity index (χ4v) is 4.52. The third-order valence-corrected chi connectivity index (χ3v) is 6.38. The van der Waals surface area contributed by atoms with Crippen LogP contribution in [0.25, 0.3) is 0 Å². The molecule has 0 spiro atoms. The summed E-state index contributed by atoms with van der Waals surface area (Å²) in [6, 6.07) is 6.26. The highest BCUT2D eigenvalue weighted by molar-refractivity contribution is 7.12. The molecule has 1 aliphatic carbocycles. The van der Waals surface area contributed by atoms with Crippen LogP contribution in [-0.4, -0.2) is 60.5 Å². The van der Waals surface area contributed by atoms with E-state index in [1.807, 2.05) is 0 Å². The molecule has 2 aromatic rings. The maximum absolute atomic E-state index is 13.4. The lowest BCUT2D eigenvalue weighted by atomic mass is 9.95. The van der Waals surface area contributed by atoms with Gasteiger partial charge < -0.3 is 20.3 Å². The Balaban J connectivity index is 1.78. The molecule has 0 aromatic carbocycles.